The van der Waals surface area contributed by atoms with E-state index in [2.05, 4.69) is 26.2 Å². The van der Waals surface area contributed by atoms with E-state index in [9.17, 15) is 4.79 Å². The van der Waals surface area contributed by atoms with Gasteiger partial charge in [0, 0.05) is 11.6 Å². The summed E-state index contributed by atoms with van der Waals surface area (Å²) in [6.07, 6.45) is 3.46. The average molecular weight is 313 g/mol. The van der Waals surface area contributed by atoms with E-state index < -0.39 is 0 Å². The summed E-state index contributed by atoms with van der Waals surface area (Å²) in [6.45, 7) is 1.89. The molecule has 0 unspecified atom stereocenters. The van der Waals surface area contributed by atoms with E-state index in [1.807, 2.05) is 13.0 Å². The third-order valence-corrected chi connectivity index (χ3v) is 4.31. The van der Waals surface area contributed by atoms with Crippen LogP contribution in [0.4, 0.5) is 5.82 Å². The first-order valence-corrected chi connectivity index (χ1v) is 6.82. The molecule has 0 aromatic carbocycles. The van der Waals surface area contributed by atoms with Gasteiger partial charge in [-0.1, -0.05) is 0 Å². The van der Waals surface area contributed by atoms with Gasteiger partial charge in [-0.25, -0.2) is 4.98 Å². The van der Waals surface area contributed by atoms with Gasteiger partial charge in [0.05, 0.1) is 17.7 Å². The Morgan fingerprint density at radius 1 is 1.56 bits per heavy atom. The molecule has 1 aliphatic rings. The maximum Gasteiger partial charge on any atom is 0.228 e. The number of aryl methyl sites for hydroxylation is 1. The molecule has 1 amide bonds. The molecular weight excluding hydrogens is 296 g/mol. The van der Waals surface area contributed by atoms with E-state index in [0.29, 0.717) is 12.2 Å². The number of hydrogen-bond acceptors (Lipinski definition) is 3. The van der Waals surface area contributed by atoms with Crippen molar-refractivity contribution in [1.82, 2.24) is 4.98 Å². The second-order valence-corrected chi connectivity index (χ2v) is 5.58. The first-order chi connectivity index (χ1) is 8.54. The molecule has 0 saturated heterocycles. The molecule has 1 heterocycles. The second-order valence-electron chi connectivity index (χ2n) is 4.73. The number of rotatable bonds is 4. The number of nitrogens with one attached hydrogen (secondary N) is 1. The lowest BCUT2D eigenvalue weighted by Crippen LogP contribution is -2.42. The number of carbonyl (C=O) groups excluding carboxylic acids is 1. The summed E-state index contributed by atoms with van der Waals surface area (Å²) in [5, 5.41) is 2.82. The van der Waals surface area contributed by atoms with Crippen LogP contribution in [0.3, 0.4) is 0 Å². The van der Waals surface area contributed by atoms with Crippen molar-refractivity contribution in [2.45, 2.75) is 38.2 Å². The minimum atomic E-state index is -0.242. The molecule has 1 fully saturated rings. The summed E-state index contributed by atoms with van der Waals surface area (Å²) in [6, 6.07) is 3.67. The maximum absolute atomic E-state index is 11.9. The molecule has 2 rings (SSSR count). The number of anilines is 1. The summed E-state index contributed by atoms with van der Waals surface area (Å²) < 4.78 is 6.37. The van der Waals surface area contributed by atoms with E-state index in [-0.39, 0.29) is 11.5 Å². The molecule has 4 nitrogen and oxygen atoms in total. The summed E-state index contributed by atoms with van der Waals surface area (Å²) in [4.78, 5) is 16.2. The van der Waals surface area contributed by atoms with E-state index >= 15 is 0 Å². The van der Waals surface area contributed by atoms with E-state index in [4.69, 9.17) is 4.74 Å². The highest BCUT2D eigenvalue weighted by molar-refractivity contribution is 9.10. The summed E-state index contributed by atoms with van der Waals surface area (Å²) >= 11 is 3.38. The monoisotopic (exact) mass is 312 g/mol. The van der Waals surface area contributed by atoms with Gasteiger partial charge in [0.15, 0.2) is 0 Å². The minimum Gasteiger partial charge on any atom is -0.378 e. The van der Waals surface area contributed by atoms with Gasteiger partial charge in [0.1, 0.15) is 5.82 Å². The molecule has 1 aromatic rings. The highest BCUT2D eigenvalue weighted by atomic mass is 79.9. The molecular formula is C13H17BrN2O2. The molecule has 98 valence electrons. The van der Waals surface area contributed by atoms with Crippen molar-refractivity contribution in [3.63, 3.8) is 0 Å². The normalized spacial score (nSPS) is 17.1. The molecule has 0 atom stereocenters. The molecule has 5 heteroatoms. The minimum absolute atomic E-state index is 0.0363. The van der Waals surface area contributed by atoms with Crippen LogP contribution in [0.2, 0.25) is 0 Å². The van der Waals surface area contributed by atoms with Gasteiger partial charge in [-0.3, -0.25) is 4.79 Å². The second kappa shape index (κ2) is 5.36. The van der Waals surface area contributed by atoms with Crippen molar-refractivity contribution in [3.05, 3.63) is 22.3 Å². The number of methoxy groups -OCH3 is 1. The lowest BCUT2D eigenvalue weighted by molar-refractivity contribution is -0.129. The number of hydrogen-bond donors (Lipinski definition) is 1. The van der Waals surface area contributed by atoms with Crippen LogP contribution < -0.4 is 5.32 Å². The number of amides is 1. The van der Waals surface area contributed by atoms with Gasteiger partial charge in [-0.15, -0.1) is 0 Å². The number of ether oxygens (including phenoxy) is 1. The Labute approximate surface area is 115 Å². The van der Waals surface area contributed by atoms with Crippen molar-refractivity contribution in [2.75, 3.05) is 12.4 Å². The molecule has 0 spiro atoms. The van der Waals surface area contributed by atoms with Crippen LogP contribution in [-0.2, 0) is 9.53 Å². The van der Waals surface area contributed by atoms with E-state index in [1.54, 1.807) is 13.2 Å². The van der Waals surface area contributed by atoms with Gasteiger partial charge >= 0.3 is 0 Å². The van der Waals surface area contributed by atoms with Crippen LogP contribution in [0.5, 0.6) is 0 Å². The predicted octanol–water partition coefficient (Wildman–Crippen LogP) is 3.05. The van der Waals surface area contributed by atoms with E-state index in [1.165, 1.54) is 0 Å². The Hall–Kier alpha value is -0.940. The Morgan fingerprint density at radius 3 is 2.78 bits per heavy atom. The fourth-order valence-electron chi connectivity index (χ4n) is 2.12. The lowest BCUT2D eigenvalue weighted by Gasteiger charge is -2.39. The third-order valence-electron chi connectivity index (χ3n) is 3.47. The first kappa shape index (κ1) is 13.5. The number of halogens is 1. The Morgan fingerprint density at radius 2 is 2.28 bits per heavy atom. The van der Waals surface area contributed by atoms with Crippen LogP contribution in [0, 0.1) is 6.92 Å². The number of pyridine rings is 1. The van der Waals surface area contributed by atoms with Crippen molar-refractivity contribution >= 4 is 27.7 Å². The van der Waals surface area contributed by atoms with Crippen LogP contribution in [0.25, 0.3) is 0 Å². The largest absolute Gasteiger partial charge is 0.378 e. The van der Waals surface area contributed by atoms with Crippen LogP contribution in [0.15, 0.2) is 16.6 Å². The summed E-state index contributed by atoms with van der Waals surface area (Å²) in [5.41, 5.74) is 0.618. The topological polar surface area (TPSA) is 51.2 Å². The highest BCUT2D eigenvalue weighted by Crippen LogP contribution is 2.38. The Bertz CT molecular complexity index is 453. The zero-order valence-corrected chi connectivity index (χ0v) is 12.2. The molecule has 1 aromatic heterocycles. The van der Waals surface area contributed by atoms with E-state index in [0.717, 1.165) is 29.4 Å². The lowest BCUT2D eigenvalue weighted by atomic mass is 9.77. The fourth-order valence-corrected chi connectivity index (χ4v) is 2.34. The van der Waals surface area contributed by atoms with Crippen molar-refractivity contribution in [3.8, 4) is 0 Å². The van der Waals surface area contributed by atoms with Crippen molar-refractivity contribution < 1.29 is 9.53 Å². The van der Waals surface area contributed by atoms with Crippen LogP contribution >= 0.6 is 15.9 Å². The third kappa shape index (κ3) is 2.90. The molecule has 18 heavy (non-hydrogen) atoms. The molecule has 1 N–H and O–H groups in total. The molecule has 1 saturated carbocycles. The highest BCUT2D eigenvalue weighted by Gasteiger charge is 2.39. The van der Waals surface area contributed by atoms with Crippen LogP contribution in [0.1, 0.15) is 31.4 Å². The number of nitrogens with zero attached hydrogens (tertiary/aromatic N) is 1. The van der Waals surface area contributed by atoms with Gasteiger partial charge in [-0.2, -0.15) is 0 Å². The quantitative estimate of drug-likeness (QED) is 0.929. The van der Waals surface area contributed by atoms with Crippen molar-refractivity contribution in [1.29, 1.82) is 0 Å². The fraction of sp³-hybridized carbons (Fsp3) is 0.538. The molecule has 0 bridgehead atoms. The first-order valence-electron chi connectivity index (χ1n) is 6.03. The SMILES string of the molecule is COC1(CC(=O)Nc2ccc(Br)c(C)n2)CCC1. The number of aromatic nitrogens is 1. The standard InChI is InChI=1S/C13H17BrN2O2/c1-9-10(14)4-5-11(15-9)16-12(17)8-13(18-2)6-3-7-13/h4-5H,3,6-8H2,1-2H3,(H,15,16,17). The maximum atomic E-state index is 11.9. The van der Waals surface area contributed by atoms with Gasteiger partial charge in [0.2, 0.25) is 5.91 Å². The average Bonchev–Trinajstić information content (AvgIpc) is 2.29. The van der Waals surface area contributed by atoms with Crippen molar-refractivity contribution in [2.24, 2.45) is 0 Å². The Balaban J connectivity index is 1.96. The van der Waals surface area contributed by atoms with Crippen LogP contribution in [-0.4, -0.2) is 23.6 Å². The predicted molar refractivity (Wildman–Crippen MR) is 73.5 cm³/mol. The summed E-state index contributed by atoms with van der Waals surface area (Å²) in [7, 11) is 1.68. The van der Waals surface area contributed by atoms with Gasteiger partial charge in [0.25, 0.3) is 0 Å². The smallest absolute Gasteiger partial charge is 0.228 e. The summed E-state index contributed by atoms with van der Waals surface area (Å²) in [5.74, 6) is 0.553. The van der Waals surface area contributed by atoms with Gasteiger partial charge < -0.3 is 10.1 Å². The zero-order valence-electron chi connectivity index (χ0n) is 10.6. The van der Waals surface area contributed by atoms with Gasteiger partial charge in [-0.05, 0) is 54.2 Å². The number of carbonyl (C=O) groups is 1. The zero-order chi connectivity index (χ0) is 13.2. The molecule has 0 aliphatic heterocycles. The molecule has 1 aliphatic carbocycles. The molecule has 0 radical (unpaired) electrons. The Kier molecular flexibility index (Phi) is 4.02.